The Labute approximate surface area is 114 Å². The van der Waals surface area contributed by atoms with Crippen LogP contribution in [0.5, 0.6) is 11.5 Å². The number of carbonyl (C=O) groups is 1. The first-order valence-electron chi connectivity index (χ1n) is 6.30. The predicted octanol–water partition coefficient (Wildman–Crippen LogP) is 1.62. The lowest BCUT2D eigenvalue weighted by Gasteiger charge is -2.22. The van der Waals surface area contributed by atoms with Crippen molar-refractivity contribution < 1.29 is 14.3 Å². The molecule has 1 rings (SSSR count). The summed E-state index contributed by atoms with van der Waals surface area (Å²) in [4.78, 5) is 11.6. The summed E-state index contributed by atoms with van der Waals surface area (Å²) in [5.41, 5.74) is 6.20. The van der Waals surface area contributed by atoms with Crippen molar-refractivity contribution in [2.75, 3.05) is 14.2 Å². The van der Waals surface area contributed by atoms with Gasteiger partial charge < -0.3 is 15.2 Å². The molecule has 1 aromatic rings. The first-order chi connectivity index (χ1) is 9.03. The zero-order valence-electron chi connectivity index (χ0n) is 11.9. The molecule has 0 saturated heterocycles. The topological polar surface area (TPSA) is 73.6 Å². The molecule has 0 radical (unpaired) electrons. The van der Waals surface area contributed by atoms with Gasteiger partial charge in [0.2, 0.25) is 5.91 Å². The minimum Gasteiger partial charge on any atom is -0.497 e. The van der Waals surface area contributed by atoms with Gasteiger partial charge in [0.15, 0.2) is 0 Å². The van der Waals surface area contributed by atoms with E-state index in [4.69, 9.17) is 15.2 Å². The normalized spacial score (nSPS) is 13.7. The van der Waals surface area contributed by atoms with Gasteiger partial charge in [-0.3, -0.25) is 10.1 Å². The fourth-order valence-electron chi connectivity index (χ4n) is 1.78. The second-order valence-electron chi connectivity index (χ2n) is 4.42. The van der Waals surface area contributed by atoms with Crippen LogP contribution in [-0.2, 0) is 4.79 Å². The van der Waals surface area contributed by atoms with Gasteiger partial charge in [0.1, 0.15) is 17.5 Å². The first-order valence-corrected chi connectivity index (χ1v) is 6.30. The number of methoxy groups -OCH3 is 2. The van der Waals surface area contributed by atoms with Gasteiger partial charge in [-0.2, -0.15) is 0 Å². The monoisotopic (exact) mass is 266 g/mol. The van der Waals surface area contributed by atoms with Crippen LogP contribution in [-0.4, -0.2) is 26.2 Å². The van der Waals surface area contributed by atoms with Crippen molar-refractivity contribution in [1.82, 2.24) is 5.32 Å². The highest BCUT2D eigenvalue weighted by atomic mass is 16.5. The van der Waals surface area contributed by atoms with Crippen molar-refractivity contribution in [2.45, 2.75) is 32.4 Å². The molecule has 2 unspecified atom stereocenters. The van der Waals surface area contributed by atoms with Gasteiger partial charge >= 0.3 is 0 Å². The summed E-state index contributed by atoms with van der Waals surface area (Å²) < 4.78 is 10.4. The Morgan fingerprint density at radius 3 is 2.53 bits per heavy atom. The Balaban J connectivity index is 3.11. The Morgan fingerprint density at radius 1 is 1.37 bits per heavy atom. The van der Waals surface area contributed by atoms with E-state index in [1.54, 1.807) is 32.4 Å². The summed E-state index contributed by atoms with van der Waals surface area (Å²) in [7, 11) is 3.14. The molecule has 5 heteroatoms. The maximum Gasteiger partial charge on any atom is 0.239 e. The molecule has 1 amide bonds. The molecule has 106 valence electrons. The highest BCUT2D eigenvalue weighted by Crippen LogP contribution is 2.29. The van der Waals surface area contributed by atoms with Crippen molar-refractivity contribution in [3.8, 4) is 11.5 Å². The number of rotatable bonds is 7. The van der Waals surface area contributed by atoms with Gasteiger partial charge in [-0.25, -0.2) is 0 Å². The molecule has 1 aromatic carbocycles. The van der Waals surface area contributed by atoms with Crippen LogP contribution < -0.4 is 20.5 Å². The van der Waals surface area contributed by atoms with Crippen molar-refractivity contribution >= 4 is 5.91 Å². The van der Waals surface area contributed by atoms with Crippen LogP contribution in [0.25, 0.3) is 0 Å². The lowest BCUT2D eigenvalue weighted by molar-refractivity contribution is -0.120. The van der Waals surface area contributed by atoms with E-state index in [0.717, 1.165) is 12.0 Å². The van der Waals surface area contributed by atoms with E-state index in [9.17, 15) is 4.79 Å². The smallest absolute Gasteiger partial charge is 0.239 e. The fraction of sp³-hybridized carbons (Fsp3) is 0.500. The van der Waals surface area contributed by atoms with Crippen LogP contribution in [0.4, 0.5) is 0 Å². The minimum absolute atomic E-state index is 0.185. The van der Waals surface area contributed by atoms with Crippen molar-refractivity contribution in [2.24, 2.45) is 5.73 Å². The van der Waals surface area contributed by atoms with Gasteiger partial charge in [-0.1, -0.05) is 6.92 Å². The van der Waals surface area contributed by atoms with E-state index in [2.05, 4.69) is 5.32 Å². The quantitative estimate of drug-likeness (QED) is 0.786. The Hall–Kier alpha value is -1.75. The fourth-order valence-corrected chi connectivity index (χ4v) is 1.78. The summed E-state index contributed by atoms with van der Waals surface area (Å²) in [6, 6.07) is 4.93. The molecule has 5 nitrogen and oxygen atoms in total. The first kappa shape index (κ1) is 15.3. The lowest BCUT2D eigenvalue weighted by atomic mass is 10.0. The zero-order chi connectivity index (χ0) is 14.4. The molecule has 0 saturated carbocycles. The molecule has 0 aromatic heterocycles. The summed E-state index contributed by atoms with van der Waals surface area (Å²) >= 11 is 0. The van der Waals surface area contributed by atoms with Crippen LogP contribution in [0.2, 0.25) is 0 Å². The lowest BCUT2D eigenvalue weighted by Crippen LogP contribution is -2.38. The SMILES string of the molecule is CCC(C)NC(C(N)=O)c1ccc(OC)cc1OC. The van der Waals surface area contributed by atoms with E-state index >= 15 is 0 Å². The van der Waals surface area contributed by atoms with Crippen LogP contribution in [0.15, 0.2) is 18.2 Å². The number of hydrogen-bond acceptors (Lipinski definition) is 4. The van der Waals surface area contributed by atoms with E-state index < -0.39 is 11.9 Å². The maximum atomic E-state index is 11.6. The van der Waals surface area contributed by atoms with Crippen molar-refractivity contribution in [3.05, 3.63) is 23.8 Å². The largest absolute Gasteiger partial charge is 0.497 e. The average molecular weight is 266 g/mol. The predicted molar refractivity (Wildman–Crippen MR) is 74.4 cm³/mol. The molecule has 0 aliphatic carbocycles. The number of amides is 1. The third kappa shape index (κ3) is 3.86. The third-order valence-corrected chi connectivity index (χ3v) is 3.10. The standard InChI is InChI=1S/C14H22N2O3/c1-5-9(2)16-13(14(15)17)11-7-6-10(18-3)8-12(11)19-4/h6-9,13,16H,5H2,1-4H3,(H2,15,17). The van der Waals surface area contributed by atoms with Gasteiger partial charge in [-0.15, -0.1) is 0 Å². The van der Waals surface area contributed by atoms with Gasteiger partial charge in [0.25, 0.3) is 0 Å². The van der Waals surface area contributed by atoms with Gasteiger partial charge in [0.05, 0.1) is 14.2 Å². The minimum atomic E-state index is -0.573. The summed E-state index contributed by atoms with van der Waals surface area (Å²) in [5.74, 6) is 0.829. The van der Waals surface area contributed by atoms with Crippen LogP contribution in [0.3, 0.4) is 0 Å². The highest BCUT2D eigenvalue weighted by molar-refractivity contribution is 5.82. The van der Waals surface area contributed by atoms with Crippen LogP contribution >= 0.6 is 0 Å². The highest BCUT2D eigenvalue weighted by Gasteiger charge is 2.23. The number of ether oxygens (including phenoxy) is 2. The number of nitrogens with two attached hydrogens (primary N) is 1. The third-order valence-electron chi connectivity index (χ3n) is 3.10. The van der Waals surface area contributed by atoms with Crippen LogP contribution in [0.1, 0.15) is 31.9 Å². The van der Waals surface area contributed by atoms with E-state index in [1.807, 2.05) is 13.8 Å². The molecule has 0 aliphatic rings. The number of nitrogens with one attached hydrogen (secondary N) is 1. The molecule has 0 spiro atoms. The van der Waals surface area contributed by atoms with E-state index in [0.29, 0.717) is 11.5 Å². The molecule has 0 aliphatic heterocycles. The second kappa shape index (κ2) is 6.99. The summed E-state index contributed by atoms with van der Waals surface area (Å²) in [5, 5.41) is 3.20. The second-order valence-corrected chi connectivity index (χ2v) is 4.42. The van der Waals surface area contributed by atoms with Gasteiger partial charge in [-0.05, 0) is 25.5 Å². The Bertz CT molecular complexity index is 435. The Kier molecular flexibility index (Phi) is 5.63. The number of hydrogen-bond donors (Lipinski definition) is 2. The number of carbonyl (C=O) groups excluding carboxylic acids is 1. The molecule has 0 bridgehead atoms. The zero-order valence-corrected chi connectivity index (χ0v) is 11.9. The van der Waals surface area contributed by atoms with Gasteiger partial charge in [0, 0.05) is 17.7 Å². The molecule has 2 atom stereocenters. The molecule has 3 N–H and O–H groups in total. The number of benzene rings is 1. The van der Waals surface area contributed by atoms with E-state index in [-0.39, 0.29) is 6.04 Å². The maximum absolute atomic E-state index is 11.6. The molecular weight excluding hydrogens is 244 g/mol. The number of primary amides is 1. The molecule has 19 heavy (non-hydrogen) atoms. The molecular formula is C14H22N2O3. The summed E-state index contributed by atoms with van der Waals surface area (Å²) in [6.07, 6.45) is 0.905. The van der Waals surface area contributed by atoms with Crippen molar-refractivity contribution in [1.29, 1.82) is 0 Å². The van der Waals surface area contributed by atoms with E-state index in [1.165, 1.54) is 0 Å². The average Bonchev–Trinajstić information content (AvgIpc) is 2.43. The molecule has 0 heterocycles. The Morgan fingerprint density at radius 2 is 2.05 bits per heavy atom. The summed E-state index contributed by atoms with van der Waals surface area (Å²) in [6.45, 7) is 4.05. The van der Waals surface area contributed by atoms with Crippen molar-refractivity contribution in [3.63, 3.8) is 0 Å². The molecule has 0 fully saturated rings. The van der Waals surface area contributed by atoms with Crippen LogP contribution in [0, 0.1) is 0 Å².